The molecule has 0 unspecified atom stereocenters. The molecular formula is C25H24N4O2. The number of pyridine rings is 1. The molecule has 6 heteroatoms. The number of nitrogens with zero attached hydrogens (tertiary/aromatic N) is 3. The van der Waals surface area contributed by atoms with Gasteiger partial charge in [-0.2, -0.15) is 0 Å². The number of benzene rings is 2. The number of aryl methyl sites for hydroxylation is 3. The lowest BCUT2D eigenvalue weighted by Gasteiger charge is -2.12. The van der Waals surface area contributed by atoms with Crippen LogP contribution in [-0.4, -0.2) is 20.4 Å². The molecule has 1 amide bonds. The lowest BCUT2D eigenvalue weighted by molar-refractivity contribution is 0.102. The molecule has 4 aromatic rings. The van der Waals surface area contributed by atoms with Gasteiger partial charge in [0.05, 0.1) is 11.9 Å². The first-order chi connectivity index (χ1) is 14.9. The summed E-state index contributed by atoms with van der Waals surface area (Å²) < 4.78 is 7.62. The van der Waals surface area contributed by atoms with E-state index in [2.05, 4.69) is 48.2 Å². The van der Waals surface area contributed by atoms with E-state index < -0.39 is 0 Å². The summed E-state index contributed by atoms with van der Waals surface area (Å²) in [7, 11) is 1.90. The molecule has 0 bridgehead atoms. The van der Waals surface area contributed by atoms with Crippen molar-refractivity contribution in [2.24, 2.45) is 7.05 Å². The van der Waals surface area contributed by atoms with Crippen LogP contribution in [0.4, 0.5) is 5.95 Å². The summed E-state index contributed by atoms with van der Waals surface area (Å²) in [6.45, 7) is 6.28. The fourth-order valence-corrected chi connectivity index (χ4v) is 3.42. The smallest absolute Gasteiger partial charge is 0.258 e. The lowest BCUT2D eigenvalue weighted by atomic mass is 9.99. The molecule has 0 aliphatic carbocycles. The fourth-order valence-electron chi connectivity index (χ4n) is 3.42. The second kappa shape index (κ2) is 8.44. The van der Waals surface area contributed by atoms with Gasteiger partial charge in [-0.1, -0.05) is 18.2 Å². The van der Waals surface area contributed by atoms with Crippen LogP contribution in [0.15, 0.2) is 67.0 Å². The monoisotopic (exact) mass is 412 g/mol. The van der Waals surface area contributed by atoms with Crippen molar-refractivity contribution in [1.82, 2.24) is 14.5 Å². The van der Waals surface area contributed by atoms with Crippen molar-refractivity contribution < 1.29 is 9.53 Å². The zero-order valence-corrected chi connectivity index (χ0v) is 18.0. The average molecular weight is 412 g/mol. The number of imidazole rings is 1. The van der Waals surface area contributed by atoms with Crippen LogP contribution in [0, 0.1) is 20.8 Å². The largest absolute Gasteiger partial charge is 0.439 e. The minimum atomic E-state index is -0.261. The summed E-state index contributed by atoms with van der Waals surface area (Å²) in [5.41, 5.74) is 6.16. The number of nitrogens with one attached hydrogen (secondary N) is 1. The second-order valence-corrected chi connectivity index (χ2v) is 7.53. The molecule has 0 spiro atoms. The number of carbonyl (C=O) groups excluding carboxylic acids is 1. The van der Waals surface area contributed by atoms with Crippen LogP contribution in [0.3, 0.4) is 0 Å². The van der Waals surface area contributed by atoms with E-state index in [4.69, 9.17) is 4.74 Å². The third kappa shape index (κ3) is 4.33. The number of carbonyl (C=O) groups is 1. The van der Waals surface area contributed by atoms with Crippen LogP contribution in [0.2, 0.25) is 0 Å². The van der Waals surface area contributed by atoms with Gasteiger partial charge in [0.2, 0.25) is 11.8 Å². The van der Waals surface area contributed by atoms with E-state index in [1.165, 1.54) is 16.7 Å². The Labute approximate surface area is 181 Å². The Morgan fingerprint density at radius 1 is 0.935 bits per heavy atom. The molecule has 31 heavy (non-hydrogen) atoms. The Morgan fingerprint density at radius 2 is 1.74 bits per heavy atom. The first kappa shape index (κ1) is 20.3. The van der Waals surface area contributed by atoms with Crippen molar-refractivity contribution in [2.45, 2.75) is 20.8 Å². The highest BCUT2D eigenvalue weighted by molar-refractivity contribution is 6.03. The summed E-state index contributed by atoms with van der Waals surface area (Å²) in [4.78, 5) is 21.4. The third-order valence-electron chi connectivity index (χ3n) is 5.29. The average Bonchev–Trinajstić information content (AvgIpc) is 3.11. The van der Waals surface area contributed by atoms with E-state index in [-0.39, 0.29) is 5.91 Å². The molecule has 2 heterocycles. The van der Waals surface area contributed by atoms with Gasteiger partial charge in [0.15, 0.2) is 0 Å². The maximum atomic E-state index is 12.8. The number of amides is 1. The molecule has 156 valence electrons. The number of aromatic nitrogens is 3. The number of anilines is 1. The Kier molecular flexibility index (Phi) is 5.54. The van der Waals surface area contributed by atoms with Crippen molar-refractivity contribution in [3.8, 4) is 22.9 Å². The summed E-state index contributed by atoms with van der Waals surface area (Å²) in [5, 5.41) is 2.89. The van der Waals surface area contributed by atoms with E-state index in [1.54, 1.807) is 42.7 Å². The van der Waals surface area contributed by atoms with Crippen LogP contribution in [0.5, 0.6) is 11.6 Å². The van der Waals surface area contributed by atoms with Crippen molar-refractivity contribution in [1.29, 1.82) is 0 Å². The molecule has 0 atom stereocenters. The maximum absolute atomic E-state index is 12.8. The summed E-state index contributed by atoms with van der Waals surface area (Å²) in [6, 6.07) is 16.7. The molecule has 2 aromatic carbocycles. The quantitative estimate of drug-likeness (QED) is 0.473. The number of hydrogen-bond donors (Lipinski definition) is 1. The van der Waals surface area contributed by atoms with E-state index in [0.29, 0.717) is 23.1 Å². The summed E-state index contributed by atoms with van der Waals surface area (Å²) >= 11 is 0. The third-order valence-corrected chi connectivity index (χ3v) is 5.29. The maximum Gasteiger partial charge on any atom is 0.258 e. The van der Waals surface area contributed by atoms with Crippen LogP contribution in [-0.2, 0) is 7.05 Å². The molecule has 0 aliphatic rings. The minimum absolute atomic E-state index is 0.261. The lowest BCUT2D eigenvalue weighted by Crippen LogP contribution is -2.15. The molecule has 1 N–H and O–H groups in total. The fraction of sp³-hybridized carbons (Fsp3) is 0.160. The van der Waals surface area contributed by atoms with Crippen LogP contribution >= 0.6 is 0 Å². The SMILES string of the molecule is Cc1cc(C)c(-c2cnc(NC(=O)c3cccc(Oc4ccccn4)c3)n2C)cc1C. The van der Waals surface area contributed by atoms with E-state index >= 15 is 0 Å². The Morgan fingerprint density at radius 3 is 2.52 bits per heavy atom. The molecular weight excluding hydrogens is 388 g/mol. The van der Waals surface area contributed by atoms with Gasteiger partial charge >= 0.3 is 0 Å². The molecule has 0 fully saturated rings. The molecule has 0 saturated carbocycles. The highest BCUT2D eigenvalue weighted by Gasteiger charge is 2.15. The normalized spacial score (nSPS) is 10.7. The van der Waals surface area contributed by atoms with Crippen LogP contribution in [0.25, 0.3) is 11.3 Å². The van der Waals surface area contributed by atoms with E-state index in [0.717, 1.165) is 11.3 Å². The van der Waals surface area contributed by atoms with Gasteiger partial charge < -0.3 is 9.30 Å². The van der Waals surface area contributed by atoms with Gasteiger partial charge in [0.1, 0.15) is 5.75 Å². The summed E-state index contributed by atoms with van der Waals surface area (Å²) in [5.74, 6) is 1.23. The molecule has 4 rings (SSSR count). The van der Waals surface area contributed by atoms with Crippen molar-refractivity contribution in [3.05, 3.63) is 89.2 Å². The Bertz CT molecular complexity index is 1250. The van der Waals surface area contributed by atoms with Gasteiger partial charge in [-0.15, -0.1) is 0 Å². The van der Waals surface area contributed by atoms with Crippen LogP contribution < -0.4 is 10.1 Å². The molecule has 6 nitrogen and oxygen atoms in total. The molecule has 2 aromatic heterocycles. The number of rotatable bonds is 5. The van der Waals surface area contributed by atoms with Crippen molar-refractivity contribution in [2.75, 3.05) is 5.32 Å². The Balaban J connectivity index is 1.55. The highest BCUT2D eigenvalue weighted by Crippen LogP contribution is 2.28. The molecule has 0 aliphatic heterocycles. The van der Waals surface area contributed by atoms with Gasteiger partial charge in [0.25, 0.3) is 5.91 Å². The number of hydrogen-bond acceptors (Lipinski definition) is 4. The highest BCUT2D eigenvalue weighted by atomic mass is 16.5. The van der Waals surface area contributed by atoms with Crippen molar-refractivity contribution >= 4 is 11.9 Å². The van der Waals surface area contributed by atoms with Crippen LogP contribution in [0.1, 0.15) is 27.0 Å². The van der Waals surface area contributed by atoms with Gasteiger partial charge in [0, 0.05) is 30.4 Å². The minimum Gasteiger partial charge on any atom is -0.439 e. The zero-order chi connectivity index (χ0) is 22.0. The van der Waals surface area contributed by atoms with E-state index in [9.17, 15) is 4.79 Å². The molecule has 0 radical (unpaired) electrons. The predicted molar refractivity (Wildman–Crippen MR) is 122 cm³/mol. The van der Waals surface area contributed by atoms with Gasteiger partial charge in [-0.25, -0.2) is 9.97 Å². The Hall–Kier alpha value is -3.93. The number of ether oxygens (including phenoxy) is 1. The predicted octanol–water partition coefficient (Wildman–Crippen LogP) is 5.45. The van der Waals surface area contributed by atoms with Crippen molar-refractivity contribution in [3.63, 3.8) is 0 Å². The van der Waals surface area contributed by atoms with E-state index in [1.807, 2.05) is 23.7 Å². The topological polar surface area (TPSA) is 69.0 Å². The summed E-state index contributed by atoms with van der Waals surface area (Å²) in [6.07, 6.45) is 3.44. The first-order valence-electron chi connectivity index (χ1n) is 10.0. The standard InChI is InChI=1S/C25H24N4O2/c1-16-12-18(3)21(13-17(16)2)22-15-27-25(29(22)4)28-24(30)19-8-7-9-20(14-19)31-23-10-5-6-11-26-23/h5-15H,1-4H3,(H,27,28,30). The second-order valence-electron chi connectivity index (χ2n) is 7.53. The zero-order valence-electron chi connectivity index (χ0n) is 18.0. The van der Waals surface area contributed by atoms with Gasteiger partial charge in [-0.3, -0.25) is 10.1 Å². The molecule has 0 saturated heterocycles. The van der Waals surface area contributed by atoms with Gasteiger partial charge in [-0.05, 0) is 67.8 Å². The first-order valence-corrected chi connectivity index (χ1v) is 10.0.